The molecular weight excluding hydrogens is 178 g/mol. The average Bonchev–Trinajstić information content (AvgIpc) is 2.05. The van der Waals surface area contributed by atoms with Crippen LogP contribution in [0.2, 0.25) is 0 Å². The van der Waals surface area contributed by atoms with Gasteiger partial charge in [0.2, 0.25) is 0 Å². The monoisotopic (exact) mass is 185 g/mol. The first-order valence-corrected chi connectivity index (χ1v) is 3.88. The molecule has 0 radical (unpaired) electrons. The molecule has 0 aliphatic carbocycles. The number of ether oxygens (including phenoxy) is 1. The Morgan fingerprint density at radius 1 is 1.75 bits per heavy atom. The van der Waals surface area contributed by atoms with Gasteiger partial charge in [0.15, 0.2) is 5.94 Å². The van der Waals surface area contributed by atoms with Crippen LogP contribution in [0.15, 0.2) is 28.8 Å². The summed E-state index contributed by atoms with van der Waals surface area (Å²) in [5.74, 6) is 2.28. The van der Waals surface area contributed by atoms with Crippen LogP contribution in [0.3, 0.4) is 0 Å². The highest BCUT2D eigenvalue weighted by atomic mass is 35.5. The lowest BCUT2D eigenvalue weighted by molar-refractivity contribution is 0.240. The second-order valence-electron chi connectivity index (χ2n) is 2.09. The number of carbonyl (C=O) groups excluding carboxylic acids is 1. The van der Waals surface area contributed by atoms with Crippen molar-refractivity contribution in [1.82, 2.24) is 5.32 Å². The summed E-state index contributed by atoms with van der Waals surface area (Å²) in [5, 5.41) is 2.97. The Kier molecular flexibility index (Phi) is 2.97. The molecule has 0 unspecified atom stereocenters. The van der Waals surface area contributed by atoms with E-state index in [-0.39, 0.29) is 5.70 Å². The average molecular weight is 186 g/mol. The molecule has 0 aromatic carbocycles. The molecule has 0 aromatic rings. The molecule has 12 heavy (non-hydrogen) atoms. The van der Waals surface area contributed by atoms with Crippen molar-refractivity contribution in [3.8, 4) is 0 Å². The maximum Gasteiger partial charge on any atom is 0.152 e. The van der Waals surface area contributed by atoms with Gasteiger partial charge in [0.1, 0.15) is 11.5 Å². The van der Waals surface area contributed by atoms with E-state index in [9.17, 15) is 4.79 Å². The normalized spacial score (nSPS) is 15.7. The van der Waals surface area contributed by atoms with Crippen LogP contribution in [0.5, 0.6) is 0 Å². The van der Waals surface area contributed by atoms with Crippen molar-refractivity contribution in [3.63, 3.8) is 0 Å². The fourth-order valence-corrected chi connectivity index (χ4v) is 0.980. The summed E-state index contributed by atoms with van der Waals surface area (Å²) in [6, 6.07) is 0. The Balaban J connectivity index is 2.78. The van der Waals surface area contributed by atoms with Crippen LogP contribution in [0.25, 0.3) is 0 Å². The van der Waals surface area contributed by atoms with Gasteiger partial charge < -0.3 is 10.1 Å². The van der Waals surface area contributed by atoms with Gasteiger partial charge in [0, 0.05) is 12.3 Å². The number of halogens is 1. The minimum Gasteiger partial charge on any atom is -0.492 e. The second-order valence-corrected chi connectivity index (χ2v) is 2.50. The van der Waals surface area contributed by atoms with Crippen LogP contribution in [0.4, 0.5) is 0 Å². The van der Waals surface area contributed by atoms with Crippen molar-refractivity contribution in [3.05, 3.63) is 28.8 Å². The minimum atomic E-state index is 0.236. The largest absolute Gasteiger partial charge is 0.492 e. The Hall–Kier alpha value is -1.18. The van der Waals surface area contributed by atoms with E-state index in [1.54, 1.807) is 18.2 Å². The number of hydrogen-bond acceptors (Lipinski definition) is 3. The summed E-state index contributed by atoms with van der Waals surface area (Å²) in [4.78, 5) is 10.2. The maximum absolute atomic E-state index is 10.2. The fourth-order valence-electron chi connectivity index (χ4n) is 0.779. The molecule has 0 atom stereocenters. The van der Waals surface area contributed by atoms with E-state index in [2.05, 4.69) is 5.32 Å². The summed E-state index contributed by atoms with van der Waals surface area (Å²) in [5.41, 5.74) is 0.236. The van der Waals surface area contributed by atoms with Gasteiger partial charge in [0.05, 0.1) is 11.6 Å². The molecular formula is C8H8ClNO2. The van der Waals surface area contributed by atoms with Crippen molar-refractivity contribution in [1.29, 1.82) is 0 Å². The quantitative estimate of drug-likeness (QED) is 0.660. The van der Waals surface area contributed by atoms with Crippen LogP contribution in [0.1, 0.15) is 6.92 Å². The van der Waals surface area contributed by atoms with E-state index in [0.717, 1.165) is 0 Å². The summed E-state index contributed by atoms with van der Waals surface area (Å²) in [7, 11) is 0. The smallest absolute Gasteiger partial charge is 0.152 e. The Labute approximate surface area is 75.3 Å². The number of dihydropyridines is 1. The third-order valence-electron chi connectivity index (χ3n) is 1.28. The molecule has 3 nitrogen and oxygen atoms in total. The van der Waals surface area contributed by atoms with Crippen LogP contribution in [-0.2, 0) is 9.53 Å². The molecule has 1 aliphatic heterocycles. The first kappa shape index (κ1) is 8.91. The topological polar surface area (TPSA) is 38.3 Å². The molecule has 1 heterocycles. The van der Waals surface area contributed by atoms with E-state index in [4.69, 9.17) is 16.3 Å². The molecule has 0 bridgehead atoms. The fraction of sp³-hybridized carbons (Fsp3) is 0.250. The van der Waals surface area contributed by atoms with E-state index < -0.39 is 0 Å². The van der Waals surface area contributed by atoms with Gasteiger partial charge in [-0.25, -0.2) is 4.79 Å². The zero-order valence-corrected chi connectivity index (χ0v) is 7.31. The SMILES string of the molecule is CCOC1=CNC(=C=O)C(Cl)=C1. The molecule has 0 amide bonds. The predicted molar refractivity (Wildman–Crippen MR) is 46.0 cm³/mol. The highest BCUT2D eigenvalue weighted by Crippen LogP contribution is 2.17. The number of rotatable bonds is 2. The number of allylic oxidation sites excluding steroid dienone is 2. The van der Waals surface area contributed by atoms with E-state index in [1.807, 2.05) is 6.92 Å². The summed E-state index contributed by atoms with van der Waals surface area (Å²) in [6.45, 7) is 2.43. The zero-order valence-electron chi connectivity index (χ0n) is 6.56. The van der Waals surface area contributed by atoms with Crippen molar-refractivity contribution in [2.45, 2.75) is 6.92 Å². The van der Waals surface area contributed by atoms with Crippen LogP contribution < -0.4 is 5.32 Å². The molecule has 0 saturated heterocycles. The summed E-state index contributed by atoms with van der Waals surface area (Å²) >= 11 is 5.69. The lowest BCUT2D eigenvalue weighted by atomic mass is 10.3. The van der Waals surface area contributed by atoms with Gasteiger partial charge in [-0.1, -0.05) is 11.6 Å². The van der Waals surface area contributed by atoms with Crippen molar-refractivity contribution in [2.75, 3.05) is 6.61 Å². The third-order valence-corrected chi connectivity index (χ3v) is 1.58. The lowest BCUT2D eigenvalue weighted by Crippen LogP contribution is -2.12. The van der Waals surface area contributed by atoms with Gasteiger partial charge in [0.25, 0.3) is 0 Å². The van der Waals surface area contributed by atoms with E-state index >= 15 is 0 Å². The molecule has 1 aliphatic rings. The highest BCUT2D eigenvalue weighted by Gasteiger charge is 2.09. The molecule has 0 fully saturated rings. The summed E-state index contributed by atoms with van der Waals surface area (Å²) < 4.78 is 5.14. The summed E-state index contributed by atoms with van der Waals surface area (Å²) in [6.07, 6.45) is 3.14. The Bertz CT molecular complexity index is 287. The first-order chi connectivity index (χ1) is 5.77. The van der Waals surface area contributed by atoms with Crippen LogP contribution in [-0.4, -0.2) is 12.5 Å². The second kappa shape index (κ2) is 4.00. The first-order valence-electron chi connectivity index (χ1n) is 3.50. The number of hydrogen-bond donors (Lipinski definition) is 1. The Morgan fingerprint density at radius 3 is 3.00 bits per heavy atom. The van der Waals surface area contributed by atoms with Crippen molar-refractivity contribution in [2.24, 2.45) is 0 Å². The van der Waals surface area contributed by atoms with Gasteiger partial charge in [-0.2, -0.15) is 0 Å². The van der Waals surface area contributed by atoms with Gasteiger partial charge >= 0.3 is 0 Å². The maximum atomic E-state index is 10.2. The van der Waals surface area contributed by atoms with Gasteiger partial charge in [-0.15, -0.1) is 0 Å². The minimum absolute atomic E-state index is 0.236. The molecule has 4 heteroatoms. The van der Waals surface area contributed by atoms with Crippen LogP contribution in [0, 0.1) is 0 Å². The highest BCUT2D eigenvalue weighted by molar-refractivity contribution is 6.32. The molecule has 0 aromatic heterocycles. The van der Waals surface area contributed by atoms with Gasteiger partial charge in [-0.3, -0.25) is 0 Å². The van der Waals surface area contributed by atoms with Crippen molar-refractivity contribution >= 4 is 17.5 Å². The molecule has 0 saturated carbocycles. The van der Waals surface area contributed by atoms with Crippen molar-refractivity contribution < 1.29 is 9.53 Å². The predicted octanol–water partition coefficient (Wildman–Crippen LogP) is 1.31. The zero-order chi connectivity index (χ0) is 8.97. The van der Waals surface area contributed by atoms with Gasteiger partial charge in [-0.05, 0) is 6.92 Å². The van der Waals surface area contributed by atoms with E-state index in [1.165, 1.54) is 0 Å². The molecule has 64 valence electrons. The Morgan fingerprint density at radius 2 is 2.50 bits per heavy atom. The molecule has 0 spiro atoms. The molecule has 1 rings (SSSR count). The van der Waals surface area contributed by atoms with Crippen LogP contribution >= 0.6 is 11.6 Å². The molecule has 1 N–H and O–H groups in total. The van der Waals surface area contributed by atoms with E-state index in [0.29, 0.717) is 17.4 Å². The third kappa shape index (κ3) is 1.91. The number of nitrogens with one attached hydrogen (secondary N) is 1. The lowest BCUT2D eigenvalue weighted by Gasteiger charge is -2.11. The standard InChI is InChI=1S/C8H8ClNO2/c1-2-12-6-3-7(9)8(5-11)10-4-6/h3-4,10H,2H2,1H3.